The topological polar surface area (TPSA) is 69.6 Å². The Morgan fingerprint density at radius 1 is 1.47 bits per heavy atom. The number of carbonyl (C=O) groups excluding carboxylic acids is 1. The molecule has 5 nitrogen and oxygen atoms in total. The molecule has 0 fully saturated rings. The van der Waals surface area contributed by atoms with Gasteiger partial charge in [-0.25, -0.2) is 0 Å². The van der Waals surface area contributed by atoms with E-state index in [9.17, 15) is 9.59 Å². The Labute approximate surface area is 104 Å². The van der Waals surface area contributed by atoms with E-state index < -0.39 is 5.97 Å². The third-order valence-corrected chi connectivity index (χ3v) is 2.28. The lowest BCUT2D eigenvalue weighted by Gasteiger charge is -2.20. The van der Waals surface area contributed by atoms with E-state index in [0.29, 0.717) is 10.7 Å². The van der Waals surface area contributed by atoms with E-state index in [0.717, 1.165) is 0 Å². The third-order valence-electron chi connectivity index (χ3n) is 2.04. The van der Waals surface area contributed by atoms with E-state index in [2.05, 4.69) is 5.32 Å². The average Bonchev–Trinajstić information content (AvgIpc) is 2.26. The highest BCUT2D eigenvalue weighted by atomic mass is 35.5. The Kier molecular flexibility index (Phi) is 4.93. The number of amides is 1. The molecule has 6 heteroatoms. The number of likely N-dealkylation sites (N-methyl/N-ethyl adjacent to an activating group) is 1. The van der Waals surface area contributed by atoms with Crippen LogP contribution in [0, 0.1) is 0 Å². The average molecular weight is 257 g/mol. The number of carbonyl (C=O) groups is 2. The van der Waals surface area contributed by atoms with Crippen LogP contribution in [0.4, 0.5) is 5.69 Å². The Bertz CT molecular complexity index is 423. The zero-order valence-electron chi connectivity index (χ0n) is 9.31. The Morgan fingerprint density at radius 2 is 2.18 bits per heavy atom. The molecule has 0 atom stereocenters. The van der Waals surface area contributed by atoms with Gasteiger partial charge in [-0.15, -0.1) is 0 Å². The summed E-state index contributed by atoms with van der Waals surface area (Å²) >= 11 is 5.81. The summed E-state index contributed by atoms with van der Waals surface area (Å²) in [4.78, 5) is 23.6. The Hall–Kier alpha value is -1.59. The molecule has 1 aromatic carbocycles. The molecule has 0 saturated heterocycles. The van der Waals surface area contributed by atoms with Crippen LogP contribution >= 0.6 is 11.6 Å². The normalized spacial score (nSPS) is 10.0. The van der Waals surface area contributed by atoms with Gasteiger partial charge in [0.05, 0.1) is 6.54 Å². The molecule has 0 aliphatic rings. The second-order valence-corrected chi connectivity index (χ2v) is 3.82. The maximum atomic E-state index is 11.7. The number of hydrogen-bond acceptors (Lipinski definition) is 3. The molecule has 0 radical (unpaired) electrons. The molecule has 1 amide bonds. The number of nitrogens with zero attached hydrogens (tertiary/aromatic N) is 1. The first-order chi connectivity index (χ1) is 8.04. The number of benzene rings is 1. The van der Waals surface area contributed by atoms with Crippen molar-refractivity contribution in [3.8, 4) is 0 Å². The van der Waals surface area contributed by atoms with Gasteiger partial charge >= 0.3 is 5.97 Å². The van der Waals surface area contributed by atoms with Gasteiger partial charge in [0.2, 0.25) is 5.91 Å². The van der Waals surface area contributed by atoms with Gasteiger partial charge in [-0.3, -0.25) is 9.59 Å². The van der Waals surface area contributed by atoms with Crippen molar-refractivity contribution in [3.05, 3.63) is 29.3 Å². The lowest BCUT2D eigenvalue weighted by Crippen LogP contribution is -2.40. The zero-order valence-corrected chi connectivity index (χ0v) is 10.1. The minimum atomic E-state index is -1.07. The van der Waals surface area contributed by atoms with E-state index in [1.165, 1.54) is 4.90 Å². The summed E-state index contributed by atoms with van der Waals surface area (Å²) in [7, 11) is 1.62. The zero-order chi connectivity index (χ0) is 12.8. The largest absolute Gasteiger partial charge is 0.480 e. The molecule has 92 valence electrons. The van der Waals surface area contributed by atoms with Crippen LogP contribution in [-0.4, -0.2) is 37.1 Å². The molecule has 0 saturated carbocycles. The number of hydrogen-bond donors (Lipinski definition) is 2. The van der Waals surface area contributed by atoms with Crippen LogP contribution in [0.5, 0.6) is 0 Å². The van der Waals surface area contributed by atoms with Crippen molar-refractivity contribution in [1.29, 1.82) is 0 Å². The highest BCUT2D eigenvalue weighted by molar-refractivity contribution is 6.30. The van der Waals surface area contributed by atoms with Crippen molar-refractivity contribution >= 4 is 29.2 Å². The molecule has 0 aliphatic carbocycles. The Morgan fingerprint density at radius 3 is 2.71 bits per heavy atom. The van der Waals surface area contributed by atoms with Crippen LogP contribution in [0.3, 0.4) is 0 Å². The van der Waals surface area contributed by atoms with Gasteiger partial charge in [-0.1, -0.05) is 17.7 Å². The van der Waals surface area contributed by atoms with Crippen molar-refractivity contribution in [3.63, 3.8) is 0 Å². The van der Waals surface area contributed by atoms with Crippen molar-refractivity contribution in [2.75, 3.05) is 25.0 Å². The molecule has 1 aromatic rings. The summed E-state index contributed by atoms with van der Waals surface area (Å²) in [6.45, 7) is -0.319. The third kappa shape index (κ3) is 4.05. The summed E-state index contributed by atoms with van der Waals surface area (Å²) in [5, 5.41) is 11.9. The van der Waals surface area contributed by atoms with Gasteiger partial charge in [-0.05, 0) is 25.2 Å². The van der Waals surface area contributed by atoms with E-state index >= 15 is 0 Å². The summed E-state index contributed by atoms with van der Waals surface area (Å²) in [5.74, 6) is -1.40. The van der Waals surface area contributed by atoms with Gasteiger partial charge in [-0.2, -0.15) is 0 Å². The molecule has 0 spiro atoms. The smallest absolute Gasteiger partial charge is 0.323 e. The van der Waals surface area contributed by atoms with Crippen molar-refractivity contribution < 1.29 is 14.7 Å². The number of halogens is 1. The summed E-state index contributed by atoms with van der Waals surface area (Å²) < 4.78 is 0. The first-order valence-electron chi connectivity index (χ1n) is 4.97. The first-order valence-corrected chi connectivity index (χ1v) is 5.34. The first kappa shape index (κ1) is 13.5. The van der Waals surface area contributed by atoms with Crippen LogP contribution in [0.1, 0.15) is 0 Å². The number of rotatable bonds is 5. The highest BCUT2D eigenvalue weighted by Gasteiger charge is 2.18. The molecular weight excluding hydrogens is 244 g/mol. The molecule has 0 heterocycles. The van der Waals surface area contributed by atoms with Crippen LogP contribution < -0.4 is 10.2 Å². The molecule has 0 unspecified atom stereocenters. The summed E-state index contributed by atoms with van der Waals surface area (Å²) in [6, 6.07) is 6.52. The predicted octanol–water partition coefficient (Wildman–Crippen LogP) is 0.977. The van der Waals surface area contributed by atoms with Gasteiger partial charge in [0, 0.05) is 10.7 Å². The highest BCUT2D eigenvalue weighted by Crippen LogP contribution is 2.19. The predicted molar refractivity (Wildman–Crippen MR) is 65.4 cm³/mol. The van der Waals surface area contributed by atoms with E-state index in [1.807, 2.05) is 0 Å². The minimum Gasteiger partial charge on any atom is -0.480 e. The quantitative estimate of drug-likeness (QED) is 0.824. The maximum absolute atomic E-state index is 11.7. The Balaban J connectivity index is 2.97. The van der Waals surface area contributed by atoms with E-state index in [-0.39, 0.29) is 19.0 Å². The fourth-order valence-electron chi connectivity index (χ4n) is 1.35. The monoisotopic (exact) mass is 256 g/mol. The van der Waals surface area contributed by atoms with E-state index in [1.54, 1.807) is 31.3 Å². The number of anilines is 1. The van der Waals surface area contributed by atoms with Crippen LogP contribution in [0.25, 0.3) is 0 Å². The number of carboxylic acids is 1. The lowest BCUT2D eigenvalue weighted by molar-refractivity contribution is -0.136. The summed E-state index contributed by atoms with van der Waals surface area (Å²) in [6.07, 6.45) is 0. The van der Waals surface area contributed by atoms with Gasteiger partial charge in [0.15, 0.2) is 0 Å². The molecule has 1 rings (SSSR count). The van der Waals surface area contributed by atoms with E-state index in [4.69, 9.17) is 16.7 Å². The SMILES string of the molecule is CNCC(=O)N(CC(=O)O)c1cccc(Cl)c1. The number of aliphatic carboxylic acids is 1. The van der Waals surface area contributed by atoms with Crippen LogP contribution in [-0.2, 0) is 9.59 Å². The molecule has 0 aliphatic heterocycles. The second-order valence-electron chi connectivity index (χ2n) is 3.38. The van der Waals surface area contributed by atoms with Crippen molar-refractivity contribution in [2.24, 2.45) is 0 Å². The van der Waals surface area contributed by atoms with Gasteiger partial charge < -0.3 is 15.3 Å². The second kappa shape index (κ2) is 6.22. The standard InChI is InChI=1S/C11H13ClN2O3/c1-13-6-10(15)14(7-11(16)17)9-4-2-3-8(12)5-9/h2-5,13H,6-7H2,1H3,(H,16,17). The molecule has 17 heavy (non-hydrogen) atoms. The van der Waals surface area contributed by atoms with Crippen LogP contribution in [0.15, 0.2) is 24.3 Å². The molecule has 0 bridgehead atoms. The molecule has 0 aromatic heterocycles. The van der Waals surface area contributed by atoms with Crippen molar-refractivity contribution in [2.45, 2.75) is 0 Å². The fraction of sp³-hybridized carbons (Fsp3) is 0.273. The maximum Gasteiger partial charge on any atom is 0.323 e. The molecular formula is C11H13ClN2O3. The number of carboxylic acid groups (broad SMARTS) is 1. The van der Waals surface area contributed by atoms with Gasteiger partial charge in [0.1, 0.15) is 6.54 Å². The van der Waals surface area contributed by atoms with Crippen LogP contribution in [0.2, 0.25) is 5.02 Å². The minimum absolute atomic E-state index is 0.0692. The summed E-state index contributed by atoms with van der Waals surface area (Å²) in [5.41, 5.74) is 0.472. The molecule has 2 N–H and O–H groups in total. The fourth-order valence-corrected chi connectivity index (χ4v) is 1.53. The number of nitrogens with one attached hydrogen (secondary N) is 1. The van der Waals surface area contributed by atoms with Gasteiger partial charge in [0.25, 0.3) is 0 Å². The van der Waals surface area contributed by atoms with Crippen molar-refractivity contribution in [1.82, 2.24) is 5.32 Å². The lowest BCUT2D eigenvalue weighted by atomic mass is 10.2.